The Hall–Kier alpha value is -1.49. The van der Waals surface area contributed by atoms with Crippen LogP contribution in [-0.2, 0) is 14.4 Å². The molecule has 3 fully saturated rings. The largest absolute Gasteiger partial charge is 0.480 e. The van der Waals surface area contributed by atoms with Crippen molar-refractivity contribution in [1.82, 2.24) is 0 Å². The van der Waals surface area contributed by atoms with Crippen LogP contribution in [0.2, 0.25) is 0 Å². The van der Waals surface area contributed by atoms with Crippen LogP contribution in [0.3, 0.4) is 0 Å². The van der Waals surface area contributed by atoms with E-state index in [4.69, 9.17) is 0 Å². The van der Waals surface area contributed by atoms with E-state index in [1.54, 1.807) is 13.0 Å². The molecule has 0 heterocycles. The number of carboxylic acids is 1. The molecule has 4 rings (SSSR count). The third-order valence-corrected chi connectivity index (χ3v) is 7.11. The molecule has 0 aromatic carbocycles. The zero-order valence-corrected chi connectivity index (χ0v) is 13.3. The second kappa shape index (κ2) is 4.53. The summed E-state index contributed by atoms with van der Waals surface area (Å²) in [6.07, 6.45) is 4.31. The summed E-state index contributed by atoms with van der Waals surface area (Å²) in [7, 11) is 0. The molecule has 0 aromatic heterocycles. The smallest absolute Gasteiger partial charge is 0.318 e. The molecule has 0 aromatic rings. The van der Waals surface area contributed by atoms with E-state index in [-0.39, 0.29) is 35.2 Å². The van der Waals surface area contributed by atoms with Gasteiger partial charge in [0.05, 0.1) is 6.10 Å². The van der Waals surface area contributed by atoms with Gasteiger partial charge in [-0.15, -0.1) is 0 Å². The summed E-state index contributed by atoms with van der Waals surface area (Å²) in [5.41, 5.74) is -1.66. The molecule has 4 aliphatic carbocycles. The van der Waals surface area contributed by atoms with Gasteiger partial charge in [0, 0.05) is 17.8 Å². The number of rotatable bonds is 1. The lowest BCUT2D eigenvalue weighted by Crippen LogP contribution is -2.65. The molecule has 3 saturated carbocycles. The summed E-state index contributed by atoms with van der Waals surface area (Å²) >= 11 is 0. The van der Waals surface area contributed by atoms with E-state index in [1.807, 2.05) is 13.0 Å². The number of hydrogen-bond donors (Lipinski definition) is 2. The summed E-state index contributed by atoms with van der Waals surface area (Å²) in [6, 6.07) is 0. The van der Waals surface area contributed by atoms with Gasteiger partial charge in [-0.25, -0.2) is 0 Å². The van der Waals surface area contributed by atoms with Crippen LogP contribution < -0.4 is 0 Å². The normalized spacial score (nSPS) is 54.0. The van der Waals surface area contributed by atoms with E-state index >= 15 is 0 Å². The number of carbonyl (C=O) groups excluding carboxylic acids is 2. The van der Waals surface area contributed by atoms with E-state index < -0.39 is 35.2 Å². The number of carboxylic acid groups (broad SMARTS) is 1. The maximum atomic E-state index is 13.4. The molecule has 0 amide bonds. The van der Waals surface area contributed by atoms with Gasteiger partial charge < -0.3 is 10.2 Å². The molecule has 2 bridgehead atoms. The van der Waals surface area contributed by atoms with Crippen molar-refractivity contribution in [2.24, 2.45) is 46.8 Å². The van der Waals surface area contributed by atoms with Gasteiger partial charge in [0.15, 0.2) is 5.78 Å². The minimum Gasteiger partial charge on any atom is -0.480 e. The first-order valence-electron chi connectivity index (χ1n) is 8.49. The van der Waals surface area contributed by atoms with Crippen LogP contribution in [-0.4, -0.2) is 33.9 Å². The Morgan fingerprint density at radius 1 is 1.17 bits per heavy atom. The summed E-state index contributed by atoms with van der Waals surface area (Å²) in [5, 5.41) is 20.2. The van der Waals surface area contributed by atoms with Crippen molar-refractivity contribution in [3.05, 3.63) is 12.2 Å². The number of aliphatic hydroxyl groups is 1. The zero-order chi connectivity index (χ0) is 16.7. The summed E-state index contributed by atoms with van der Waals surface area (Å²) < 4.78 is 0. The van der Waals surface area contributed by atoms with Crippen LogP contribution in [0.1, 0.15) is 26.7 Å². The molecular formula is C18H22O5. The molecule has 5 heteroatoms. The highest BCUT2D eigenvalue weighted by Crippen LogP contribution is 2.62. The standard InChI is InChI=1S/C18H22O5/c1-7-3-4-8(2)18(17(22)23)14(7)15(20)12-9-5-10(11(19)6-9)13(12)16(18)21/h3-4,7-14,19H,5-6H2,1-2H3,(H,22,23)/t7-,8+,9+,10+,11+,12?,13?,14-,18-/m0/s1. The van der Waals surface area contributed by atoms with Gasteiger partial charge in [0.2, 0.25) is 0 Å². The van der Waals surface area contributed by atoms with Crippen molar-refractivity contribution < 1.29 is 24.6 Å². The van der Waals surface area contributed by atoms with Gasteiger partial charge >= 0.3 is 5.97 Å². The maximum Gasteiger partial charge on any atom is 0.318 e. The van der Waals surface area contributed by atoms with Gasteiger partial charge in [-0.1, -0.05) is 26.0 Å². The molecule has 0 spiro atoms. The quantitative estimate of drug-likeness (QED) is 0.562. The summed E-state index contributed by atoms with van der Waals surface area (Å²) in [6.45, 7) is 3.55. The van der Waals surface area contributed by atoms with Crippen LogP contribution in [0.4, 0.5) is 0 Å². The molecule has 0 radical (unpaired) electrons. The van der Waals surface area contributed by atoms with Gasteiger partial charge in [-0.05, 0) is 36.5 Å². The van der Waals surface area contributed by atoms with Crippen molar-refractivity contribution in [2.45, 2.75) is 32.8 Å². The van der Waals surface area contributed by atoms with Gasteiger partial charge in [0.25, 0.3) is 0 Å². The third-order valence-electron chi connectivity index (χ3n) is 7.11. The van der Waals surface area contributed by atoms with Crippen LogP contribution >= 0.6 is 0 Å². The Kier molecular flexibility index (Phi) is 2.97. The number of hydrogen-bond acceptors (Lipinski definition) is 4. The number of aliphatic hydroxyl groups excluding tert-OH is 1. The number of fused-ring (bicyclic) bond motifs is 6. The van der Waals surface area contributed by atoms with Crippen molar-refractivity contribution >= 4 is 17.5 Å². The summed E-state index contributed by atoms with van der Waals surface area (Å²) in [5.74, 6) is -4.26. The lowest BCUT2D eigenvalue weighted by Gasteiger charge is -2.52. The lowest BCUT2D eigenvalue weighted by atomic mass is 9.47. The van der Waals surface area contributed by atoms with E-state index in [1.165, 1.54) is 0 Å². The van der Waals surface area contributed by atoms with E-state index in [2.05, 4.69) is 0 Å². The average Bonchev–Trinajstić information content (AvgIpc) is 3.03. The molecule has 124 valence electrons. The van der Waals surface area contributed by atoms with E-state index in [0.717, 1.165) is 0 Å². The second-order valence-corrected chi connectivity index (χ2v) is 7.97. The Morgan fingerprint density at radius 3 is 2.52 bits per heavy atom. The molecule has 23 heavy (non-hydrogen) atoms. The molecule has 5 nitrogen and oxygen atoms in total. The second-order valence-electron chi connectivity index (χ2n) is 7.97. The Morgan fingerprint density at radius 2 is 1.87 bits per heavy atom. The van der Waals surface area contributed by atoms with Crippen LogP contribution in [0.5, 0.6) is 0 Å². The predicted molar refractivity (Wildman–Crippen MR) is 80.2 cm³/mol. The fraction of sp³-hybridized carbons (Fsp3) is 0.722. The van der Waals surface area contributed by atoms with E-state index in [0.29, 0.717) is 12.8 Å². The Balaban J connectivity index is 1.90. The fourth-order valence-electron chi connectivity index (χ4n) is 6.17. The van der Waals surface area contributed by atoms with Crippen LogP contribution in [0, 0.1) is 46.8 Å². The molecule has 9 atom stereocenters. The van der Waals surface area contributed by atoms with E-state index in [9.17, 15) is 24.6 Å². The molecule has 2 unspecified atom stereocenters. The lowest BCUT2D eigenvalue weighted by molar-refractivity contribution is -0.180. The predicted octanol–water partition coefficient (Wildman–Crippen LogP) is 1.30. The molecule has 2 N–H and O–H groups in total. The van der Waals surface area contributed by atoms with Crippen molar-refractivity contribution in [2.75, 3.05) is 0 Å². The Labute approximate surface area is 134 Å². The summed E-state index contributed by atoms with van der Waals surface area (Å²) in [4.78, 5) is 38.8. The molecule has 4 aliphatic rings. The third kappa shape index (κ3) is 1.54. The highest BCUT2D eigenvalue weighted by Gasteiger charge is 2.72. The van der Waals surface area contributed by atoms with Gasteiger partial charge in [0.1, 0.15) is 11.2 Å². The molecular weight excluding hydrogens is 296 g/mol. The van der Waals surface area contributed by atoms with Crippen LogP contribution in [0.25, 0.3) is 0 Å². The highest BCUT2D eigenvalue weighted by molar-refractivity contribution is 6.14. The first kappa shape index (κ1) is 15.1. The fourth-order valence-corrected chi connectivity index (χ4v) is 6.17. The number of aliphatic carboxylic acids is 1. The first-order chi connectivity index (χ1) is 10.8. The maximum absolute atomic E-state index is 13.4. The number of Topliss-reactive ketones (excluding diaryl/α,β-unsaturated/α-hetero) is 2. The monoisotopic (exact) mass is 318 g/mol. The van der Waals surface area contributed by atoms with Crippen LogP contribution in [0.15, 0.2) is 12.2 Å². The zero-order valence-electron chi connectivity index (χ0n) is 13.3. The van der Waals surface area contributed by atoms with Gasteiger partial charge in [-0.3, -0.25) is 14.4 Å². The first-order valence-corrected chi connectivity index (χ1v) is 8.49. The molecule has 0 saturated heterocycles. The van der Waals surface area contributed by atoms with Crippen molar-refractivity contribution in [3.63, 3.8) is 0 Å². The average molecular weight is 318 g/mol. The minimum absolute atomic E-state index is 0.0386. The number of ketones is 2. The topological polar surface area (TPSA) is 91.7 Å². The number of allylic oxidation sites excluding steroid dienone is 2. The number of carbonyl (C=O) groups is 3. The Bertz CT molecular complexity index is 637. The minimum atomic E-state index is -1.66. The van der Waals surface area contributed by atoms with Crippen molar-refractivity contribution in [3.8, 4) is 0 Å². The van der Waals surface area contributed by atoms with Crippen molar-refractivity contribution in [1.29, 1.82) is 0 Å². The SMILES string of the molecule is C[C@@H]1C=C[C@H](C)[C@H]2C(=O)C3C(C(=O)[C@]12C(=O)O)[C@@H]1C[C@@H]3C[C@H]1O. The molecule has 0 aliphatic heterocycles. The van der Waals surface area contributed by atoms with Gasteiger partial charge in [-0.2, -0.15) is 0 Å². The highest BCUT2D eigenvalue weighted by atomic mass is 16.4.